The standard InChI is InChI=1S/C33H42Cl2N5O4S/c1-2-3-4-5-6-7-18-39-23-40(22-32(39)42)27-12-14-28(15-13-27)45(43,44)38-26-10-8-24(9-11-26)16-17-37-21-31(41)25-19-29(34)33(36)30(35)20-25/h8-15,19-20,23,31,37-38,41H,2-7,16-18,21-22,36H2,1H3/q-1/p+1. The summed E-state index contributed by atoms with van der Waals surface area (Å²) in [6.45, 7) is 6.12. The minimum absolute atomic E-state index is 0.0507. The van der Waals surface area contributed by atoms with E-state index in [1.54, 1.807) is 53.4 Å². The number of anilines is 2. The van der Waals surface area contributed by atoms with Gasteiger partial charge in [-0.2, -0.15) is 24.3 Å². The first-order valence-corrected chi connectivity index (χ1v) is 17.7. The lowest BCUT2D eigenvalue weighted by atomic mass is 10.1. The highest BCUT2D eigenvalue weighted by molar-refractivity contribution is 7.92. The number of carbonyl (C=O) groups is 1. The number of nitrogens with zero attached hydrogens (tertiary/aromatic N) is 2. The number of sulfonamides is 1. The van der Waals surface area contributed by atoms with Gasteiger partial charge in [-0.25, -0.2) is 8.42 Å². The van der Waals surface area contributed by atoms with Gasteiger partial charge in [-0.3, -0.25) is 9.52 Å². The van der Waals surface area contributed by atoms with Crippen molar-refractivity contribution in [1.82, 2.24) is 9.48 Å². The average molecular weight is 677 g/mol. The van der Waals surface area contributed by atoms with E-state index < -0.39 is 16.1 Å². The van der Waals surface area contributed by atoms with Crippen molar-refractivity contribution in [2.45, 2.75) is 62.9 Å². The Morgan fingerprint density at radius 1 is 1.07 bits per heavy atom. The van der Waals surface area contributed by atoms with Crippen molar-refractivity contribution < 1.29 is 23.6 Å². The predicted octanol–water partition coefficient (Wildman–Crippen LogP) is 4.03. The van der Waals surface area contributed by atoms with Crippen LogP contribution in [0.1, 0.15) is 62.7 Å². The molecule has 1 atom stereocenters. The zero-order chi connectivity index (χ0) is 32.4. The van der Waals surface area contributed by atoms with Crippen LogP contribution >= 0.6 is 23.2 Å². The van der Waals surface area contributed by atoms with Gasteiger partial charge in [0.15, 0.2) is 6.54 Å². The van der Waals surface area contributed by atoms with Gasteiger partial charge in [0.25, 0.3) is 5.91 Å². The van der Waals surface area contributed by atoms with Gasteiger partial charge in [0, 0.05) is 18.7 Å². The summed E-state index contributed by atoms with van der Waals surface area (Å²) >= 11 is 12.1. The minimum atomic E-state index is -3.79. The van der Waals surface area contributed by atoms with Crippen LogP contribution in [0.5, 0.6) is 0 Å². The second kappa shape index (κ2) is 16.4. The lowest BCUT2D eigenvalue weighted by molar-refractivity contribution is -0.661. The molecule has 1 unspecified atom stereocenters. The number of nitrogens with two attached hydrogens (primary N) is 2. The van der Waals surface area contributed by atoms with E-state index >= 15 is 0 Å². The largest absolute Gasteiger partial charge is 0.396 e. The molecule has 6 N–H and O–H groups in total. The lowest BCUT2D eigenvalue weighted by Crippen LogP contribution is -2.85. The van der Waals surface area contributed by atoms with Crippen LogP contribution in [0.2, 0.25) is 10.0 Å². The number of amides is 1. The summed E-state index contributed by atoms with van der Waals surface area (Å²) in [5.74, 6) is 0.0507. The number of aliphatic hydroxyl groups excluding tert-OH is 1. The molecule has 0 aliphatic carbocycles. The van der Waals surface area contributed by atoms with Crippen LogP contribution in [0.25, 0.3) is 0 Å². The number of benzene rings is 3. The highest BCUT2D eigenvalue weighted by Crippen LogP contribution is 2.31. The second-order valence-corrected chi connectivity index (χ2v) is 13.9. The summed E-state index contributed by atoms with van der Waals surface area (Å²) in [6, 6.07) is 17.0. The third-order valence-corrected chi connectivity index (χ3v) is 9.88. The molecule has 0 bridgehead atoms. The number of hydrogen-bond acceptors (Lipinski definition) is 5. The zero-order valence-electron chi connectivity index (χ0n) is 25.6. The SMILES string of the molecule is CCCCCCCCN1[CH-][N+](=c2cc[c-](S(=O)(=O)Nc3ccc(CC[NH2+]CC(O)c4cc(Cl)c(N)c(Cl)c4)cc3)cc2)CC1=O. The van der Waals surface area contributed by atoms with Crippen LogP contribution in [0.4, 0.5) is 11.4 Å². The maximum Gasteiger partial charge on any atom is 0.277 e. The van der Waals surface area contributed by atoms with E-state index in [0.717, 1.165) is 36.7 Å². The molecule has 3 aromatic carbocycles. The summed E-state index contributed by atoms with van der Waals surface area (Å²) < 4.78 is 30.6. The Balaban J connectivity index is 1.25. The molecule has 1 aliphatic heterocycles. The Morgan fingerprint density at radius 2 is 1.71 bits per heavy atom. The molecule has 1 aliphatic rings. The van der Waals surface area contributed by atoms with Gasteiger partial charge >= 0.3 is 0 Å². The Labute approximate surface area is 276 Å². The average Bonchev–Trinajstić information content (AvgIpc) is 3.40. The molecule has 0 saturated carbocycles. The third-order valence-electron chi connectivity index (χ3n) is 7.86. The minimum Gasteiger partial charge on any atom is -0.396 e. The number of hydrogen-bond donors (Lipinski definition) is 4. The van der Waals surface area contributed by atoms with Crippen molar-refractivity contribution in [1.29, 1.82) is 0 Å². The van der Waals surface area contributed by atoms with Crippen molar-refractivity contribution in [2.75, 3.05) is 36.6 Å². The van der Waals surface area contributed by atoms with Gasteiger partial charge in [-0.1, -0.05) is 74.4 Å². The van der Waals surface area contributed by atoms with Crippen LogP contribution in [0, 0.1) is 6.67 Å². The first-order chi connectivity index (χ1) is 21.6. The highest BCUT2D eigenvalue weighted by atomic mass is 35.5. The molecule has 1 saturated heterocycles. The molecule has 0 aromatic heterocycles. The Kier molecular flexibility index (Phi) is 12.7. The predicted molar refractivity (Wildman–Crippen MR) is 180 cm³/mol. The monoisotopic (exact) mass is 675 g/mol. The summed E-state index contributed by atoms with van der Waals surface area (Å²) in [5, 5.41) is 13.9. The summed E-state index contributed by atoms with van der Waals surface area (Å²) in [7, 11) is -3.79. The molecule has 1 amide bonds. The zero-order valence-corrected chi connectivity index (χ0v) is 27.9. The van der Waals surface area contributed by atoms with Crippen molar-refractivity contribution >= 4 is 50.5 Å². The molecule has 12 heteroatoms. The maximum absolute atomic E-state index is 13.0. The molecule has 244 valence electrons. The maximum atomic E-state index is 13.0. The van der Waals surface area contributed by atoms with Gasteiger partial charge < -0.3 is 25.6 Å². The van der Waals surface area contributed by atoms with Crippen LogP contribution in [0.3, 0.4) is 0 Å². The second-order valence-electron chi connectivity index (χ2n) is 11.4. The van der Waals surface area contributed by atoms with Crippen molar-refractivity contribution in [3.63, 3.8) is 0 Å². The van der Waals surface area contributed by atoms with E-state index in [4.69, 9.17) is 28.9 Å². The molecule has 45 heavy (non-hydrogen) atoms. The molecule has 4 rings (SSSR count). The van der Waals surface area contributed by atoms with Gasteiger partial charge in [0.2, 0.25) is 10.0 Å². The molecule has 3 aromatic rings. The number of aliphatic hydroxyl groups is 1. The Hall–Kier alpha value is -3.15. The fourth-order valence-electron chi connectivity index (χ4n) is 5.16. The van der Waals surface area contributed by atoms with Crippen molar-refractivity contribution in [3.8, 4) is 0 Å². The van der Waals surface area contributed by atoms with Crippen LogP contribution in [-0.4, -0.2) is 50.5 Å². The number of quaternary nitrogens is 1. The van der Waals surface area contributed by atoms with Crippen molar-refractivity contribution in [3.05, 3.63) is 93.9 Å². The normalized spacial score (nSPS) is 14.1. The number of carbonyl (C=O) groups excluding carboxylic acids is 1. The van der Waals surface area contributed by atoms with E-state index in [1.165, 1.54) is 25.7 Å². The first kappa shape index (κ1) is 34.7. The quantitative estimate of drug-likeness (QED) is 0.0788. The lowest BCUT2D eigenvalue weighted by Gasteiger charge is -2.16. The van der Waals surface area contributed by atoms with Gasteiger partial charge in [-0.15, -0.1) is 0 Å². The molecule has 9 nitrogen and oxygen atoms in total. The number of halogens is 2. The van der Waals surface area contributed by atoms with Crippen LogP contribution < -0.4 is 25.7 Å². The Bertz CT molecular complexity index is 1580. The third kappa shape index (κ3) is 9.92. The van der Waals surface area contributed by atoms with Gasteiger partial charge in [0.1, 0.15) is 19.3 Å². The smallest absolute Gasteiger partial charge is 0.277 e. The molecular formula is C33H43Cl2N5O4S. The number of unbranched alkanes of at least 4 members (excludes halogenated alkanes) is 5. The fourth-order valence-corrected chi connectivity index (χ4v) is 6.72. The first-order valence-electron chi connectivity index (χ1n) is 15.4. The van der Waals surface area contributed by atoms with E-state index in [9.17, 15) is 18.3 Å². The van der Waals surface area contributed by atoms with E-state index in [0.29, 0.717) is 40.1 Å². The molecule has 1 fully saturated rings. The fraction of sp³-hybridized carbons (Fsp3) is 0.394. The number of rotatable bonds is 16. The van der Waals surface area contributed by atoms with Crippen LogP contribution in [-0.2, 0) is 21.2 Å². The summed E-state index contributed by atoms with van der Waals surface area (Å²) in [6.07, 6.45) is 6.98. The van der Waals surface area contributed by atoms with Crippen molar-refractivity contribution in [2.24, 2.45) is 0 Å². The molecule has 0 radical (unpaired) electrons. The van der Waals surface area contributed by atoms with E-state index in [1.807, 2.05) is 28.7 Å². The highest BCUT2D eigenvalue weighted by Gasteiger charge is 2.24. The summed E-state index contributed by atoms with van der Waals surface area (Å²) in [5.41, 5.74) is 8.16. The van der Waals surface area contributed by atoms with E-state index in [2.05, 4.69) is 11.6 Å². The topological polar surface area (TPSA) is 132 Å². The van der Waals surface area contributed by atoms with Crippen LogP contribution in [0.15, 0.2) is 65.6 Å². The molecular weight excluding hydrogens is 633 g/mol. The van der Waals surface area contributed by atoms with Gasteiger partial charge in [-0.05, 0) is 52.1 Å². The van der Waals surface area contributed by atoms with E-state index in [-0.39, 0.29) is 17.3 Å². The number of nitrogen functional groups attached to an aromatic ring is 1. The summed E-state index contributed by atoms with van der Waals surface area (Å²) in [4.78, 5) is 14.4. The number of nitrogens with one attached hydrogen (secondary N) is 1. The molecule has 1 heterocycles. The Morgan fingerprint density at radius 3 is 2.38 bits per heavy atom. The molecule has 0 spiro atoms. The van der Waals surface area contributed by atoms with Gasteiger partial charge in [0.05, 0.1) is 22.3 Å².